The third-order valence-corrected chi connectivity index (χ3v) is 5.20. The highest BCUT2D eigenvalue weighted by atomic mass is 19.1. The number of pyridine rings is 2. The number of rotatable bonds is 5. The van der Waals surface area contributed by atoms with Crippen LogP contribution in [0, 0.1) is 11.6 Å². The molecule has 0 amide bonds. The Morgan fingerprint density at radius 3 is 2.67 bits per heavy atom. The van der Waals surface area contributed by atoms with Crippen molar-refractivity contribution in [2.45, 2.75) is 38.3 Å². The maximum absolute atomic E-state index is 14.6. The lowest BCUT2D eigenvalue weighted by Crippen LogP contribution is -2.30. The minimum Gasteiger partial charge on any atom is -0.392 e. The molecule has 160 valence electrons. The molecule has 0 unspecified atom stereocenters. The van der Waals surface area contributed by atoms with Gasteiger partial charge in [0, 0.05) is 30.9 Å². The molecule has 10 heteroatoms. The quantitative estimate of drug-likeness (QED) is 0.504. The Balaban J connectivity index is 1.82. The molecule has 0 radical (unpaired) electrons. The first-order valence-electron chi connectivity index (χ1n) is 9.50. The second-order valence-electron chi connectivity index (χ2n) is 7.88. The highest BCUT2D eigenvalue weighted by Crippen LogP contribution is 2.30. The van der Waals surface area contributed by atoms with E-state index in [-0.39, 0.29) is 30.4 Å². The normalized spacial score (nSPS) is 19.6. The fourth-order valence-electron chi connectivity index (χ4n) is 3.63. The summed E-state index contributed by atoms with van der Waals surface area (Å²) in [5.41, 5.74) is 0.0691. The number of aromatic nitrogens is 3. The molecule has 0 saturated carbocycles. The van der Waals surface area contributed by atoms with Crippen molar-refractivity contribution < 1.29 is 23.4 Å². The molecule has 1 fully saturated rings. The van der Waals surface area contributed by atoms with Gasteiger partial charge in [0.05, 0.1) is 30.1 Å². The van der Waals surface area contributed by atoms with E-state index >= 15 is 0 Å². The van der Waals surface area contributed by atoms with Crippen LogP contribution in [0.1, 0.15) is 25.0 Å². The summed E-state index contributed by atoms with van der Waals surface area (Å²) in [6.45, 7) is 3.25. The van der Waals surface area contributed by atoms with Crippen LogP contribution in [0.3, 0.4) is 0 Å². The van der Waals surface area contributed by atoms with Crippen LogP contribution in [-0.2, 0) is 12.2 Å². The van der Waals surface area contributed by atoms with Crippen molar-refractivity contribution in [1.29, 1.82) is 0 Å². The van der Waals surface area contributed by atoms with Gasteiger partial charge in [-0.15, -0.1) is 0 Å². The summed E-state index contributed by atoms with van der Waals surface area (Å²) in [5.74, 6) is -2.09. The predicted molar refractivity (Wildman–Crippen MR) is 105 cm³/mol. The topological polar surface area (TPSA) is 94.7 Å². The van der Waals surface area contributed by atoms with Gasteiger partial charge in [0.2, 0.25) is 0 Å². The average Bonchev–Trinajstić information content (AvgIpc) is 3.28. The van der Waals surface area contributed by atoms with Gasteiger partial charge in [0.1, 0.15) is 17.5 Å². The van der Waals surface area contributed by atoms with Gasteiger partial charge in [-0.2, -0.15) is 0 Å². The highest BCUT2D eigenvalue weighted by molar-refractivity contribution is 5.64. The summed E-state index contributed by atoms with van der Waals surface area (Å²) >= 11 is 0. The van der Waals surface area contributed by atoms with Crippen molar-refractivity contribution in [3.63, 3.8) is 0 Å². The third kappa shape index (κ3) is 3.62. The molecule has 4 N–H and O–H groups in total. The zero-order chi connectivity index (χ0) is 21.6. The first-order chi connectivity index (χ1) is 14.2. The van der Waals surface area contributed by atoms with Crippen molar-refractivity contribution in [2.75, 3.05) is 18.4 Å². The number of aliphatic hydroxyl groups excluding tert-OH is 1. The number of hydrogen-bond acceptors (Lipinski definition) is 6. The van der Waals surface area contributed by atoms with Crippen molar-refractivity contribution >= 4 is 11.5 Å². The number of imidazole rings is 1. The van der Waals surface area contributed by atoms with Crippen LogP contribution in [0.5, 0.6) is 0 Å². The minimum atomic E-state index is -1.28. The van der Waals surface area contributed by atoms with Crippen molar-refractivity contribution in [3.05, 3.63) is 47.3 Å². The second kappa shape index (κ2) is 7.53. The molecule has 2 atom stereocenters. The van der Waals surface area contributed by atoms with E-state index < -0.39 is 29.4 Å². The van der Waals surface area contributed by atoms with Gasteiger partial charge in [-0.3, -0.25) is 4.40 Å². The van der Waals surface area contributed by atoms with Gasteiger partial charge in [-0.1, -0.05) is 0 Å². The number of nitrogens with zero attached hydrogens (tertiary/aromatic N) is 3. The van der Waals surface area contributed by atoms with Gasteiger partial charge < -0.3 is 20.8 Å². The van der Waals surface area contributed by atoms with Crippen LogP contribution in [0.4, 0.5) is 19.0 Å². The maximum atomic E-state index is 14.6. The lowest BCUT2D eigenvalue weighted by Gasteiger charge is -2.21. The SMILES string of the molecule is CC(C)(O)c1cn2c(-c3nc(N[C@H]4CNC[C@@H]4F)c(F)cc3F)cnc2cc1CO. The molecule has 1 aliphatic heterocycles. The molecule has 7 nitrogen and oxygen atoms in total. The maximum Gasteiger partial charge on any atom is 0.168 e. The van der Waals surface area contributed by atoms with Crippen LogP contribution in [0.15, 0.2) is 24.5 Å². The van der Waals surface area contributed by atoms with Crippen LogP contribution in [-0.4, -0.2) is 49.9 Å². The summed E-state index contributed by atoms with van der Waals surface area (Å²) in [4.78, 5) is 8.28. The Kier molecular flexibility index (Phi) is 5.16. The number of halogens is 3. The van der Waals surface area contributed by atoms with Crippen molar-refractivity contribution in [1.82, 2.24) is 19.7 Å². The lowest BCUT2D eigenvalue weighted by atomic mass is 9.95. The third-order valence-electron chi connectivity index (χ3n) is 5.20. The molecular formula is C20H22F3N5O2. The molecule has 4 rings (SSSR count). The standard InChI is InChI=1S/C20H22F3N5O2/c1-20(2,30)11-8-28-16(7-25-17(28)3-10(11)9-29)18-12(21)4-13(22)19(27-18)26-15-6-24-5-14(15)23/h3-4,7-8,14-15,24,29-30H,5-6,9H2,1-2H3,(H,26,27)/t14-,15-/m0/s1. The molecule has 30 heavy (non-hydrogen) atoms. The molecular weight excluding hydrogens is 399 g/mol. The zero-order valence-electron chi connectivity index (χ0n) is 16.5. The van der Waals surface area contributed by atoms with Gasteiger partial charge in [-0.05, 0) is 25.5 Å². The molecule has 1 aliphatic rings. The lowest BCUT2D eigenvalue weighted by molar-refractivity contribution is 0.0755. The monoisotopic (exact) mass is 421 g/mol. The highest BCUT2D eigenvalue weighted by Gasteiger charge is 2.29. The van der Waals surface area contributed by atoms with E-state index in [1.54, 1.807) is 26.1 Å². The number of fused-ring (bicyclic) bond motifs is 1. The Labute approximate surface area is 170 Å². The number of nitrogens with one attached hydrogen (secondary N) is 2. The Morgan fingerprint density at radius 2 is 2.03 bits per heavy atom. The predicted octanol–water partition coefficient (Wildman–Crippen LogP) is 2.12. The van der Waals surface area contributed by atoms with Gasteiger partial charge in [0.25, 0.3) is 0 Å². The molecule has 0 aromatic carbocycles. The van der Waals surface area contributed by atoms with E-state index in [1.165, 1.54) is 10.6 Å². The smallest absolute Gasteiger partial charge is 0.168 e. The molecule has 0 bridgehead atoms. The van der Waals surface area contributed by atoms with Crippen LogP contribution in [0.2, 0.25) is 0 Å². The summed E-state index contributed by atoms with van der Waals surface area (Å²) in [7, 11) is 0. The molecule has 3 aromatic rings. The van der Waals surface area contributed by atoms with E-state index in [2.05, 4.69) is 20.6 Å². The fourth-order valence-corrected chi connectivity index (χ4v) is 3.63. The molecule has 4 heterocycles. The zero-order valence-corrected chi connectivity index (χ0v) is 16.5. The average molecular weight is 421 g/mol. The molecule has 0 aliphatic carbocycles. The van der Waals surface area contributed by atoms with Crippen LogP contribution in [0.25, 0.3) is 17.0 Å². The Morgan fingerprint density at radius 1 is 1.27 bits per heavy atom. The van der Waals surface area contributed by atoms with Gasteiger partial charge >= 0.3 is 0 Å². The fraction of sp³-hybridized carbons (Fsp3) is 0.400. The number of anilines is 1. The molecule has 0 spiro atoms. The largest absolute Gasteiger partial charge is 0.392 e. The number of alkyl halides is 1. The Hall–Kier alpha value is -2.69. The van der Waals surface area contributed by atoms with Gasteiger partial charge in [-0.25, -0.2) is 23.1 Å². The van der Waals surface area contributed by atoms with Gasteiger partial charge in [0.15, 0.2) is 17.5 Å². The first-order valence-corrected chi connectivity index (χ1v) is 9.50. The summed E-state index contributed by atoms with van der Waals surface area (Å²) in [5, 5.41) is 25.6. The minimum absolute atomic E-state index is 0.146. The van der Waals surface area contributed by atoms with E-state index in [1.807, 2.05) is 0 Å². The van der Waals surface area contributed by atoms with E-state index in [0.29, 0.717) is 29.4 Å². The molecule has 3 aromatic heterocycles. The van der Waals surface area contributed by atoms with Crippen molar-refractivity contribution in [2.24, 2.45) is 0 Å². The first kappa shape index (κ1) is 20.6. The summed E-state index contributed by atoms with van der Waals surface area (Å²) in [6.07, 6.45) is 1.69. The van der Waals surface area contributed by atoms with E-state index in [4.69, 9.17) is 0 Å². The van der Waals surface area contributed by atoms with Crippen LogP contribution >= 0.6 is 0 Å². The second-order valence-corrected chi connectivity index (χ2v) is 7.88. The number of hydrogen-bond donors (Lipinski definition) is 4. The van der Waals surface area contributed by atoms with Crippen molar-refractivity contribution in [3.8, 4) is 11.4 Å². The molecule has 1 saturated heterocycles. The Bertz CT molecular complexity index is 1100. The van der Waals surface area contributed by atoms with E-state index in [9.17, 15) is 23.4 Å². The van der Waals surface area contributed by atoms with Crippen LogP contribution < -0.4 is 10.6 Å². The number of aliphatic hydroxyl groups is 2. The summed E-state index contributed by atoms with van der Waals surface area (Å²) in [6, 6.07) is 1.59. The van der Waals surface area contributed by atoms with E-state index in [0.717, 1.165) is 0 Å². The summed E-state index contributed by atoms with van der Waals surface area (Å²) < 4.78 is 44.3.